The highest BCUT2D eigenvalue weighted by Crippen LogP contribution is 2.36. The van der Waals surface area contributed by atoms with Crippen molar-refractivity contribution in [3.05, 3.63) is 86.2 Å². The number of carbonyl (C=O) groups is 3. The lowest BCUT2D eigenvalue weighted by molar-refractivity contribution is -0.123. The maximum atomic E-state index is 13.0. The molecular weight excluding hydrogens is 539 g/mol. The Morgan fingerprint density at radius 3 is 2.54 bits per heavy atom. The molecule has 11 heteroatoms. The quantitative estimate of drug-likeness (QED) is 0.332. The first-order valence-corrected chi connectivity index (χ1v) is 12.3. The lowest BCUT2D eigenvalue weighted by Crippen LogP contribution is -2.27. The first kappa shape index (κ1) is 26.4. The number of aromatic hydroxyl groups is 1. The fourth-order valence-corrected chi connectivity index (χ4v) is 4.77. The summed E-state index contributed by atoms with van der Waals surface area (Å²) < 4.78 is 10.6. The molecule has 8 nitrogen and oxygen atoms in total. The molecule has 1 saturated heterocycles. The van der Waals surface area contributed by atoms with Crippen LogP contribution >= 0.6 is 35.0 Å². The van der Waals surface area contributed by atoms with Crippen molar-refractivity contribution >= 4 is 63.8 Å². The Morgan fingerprint density at radius 2 is 1.84 bits per heavy atom. The van der Waals surface area contributed by atoms with Crippen LogP contribution < -0.4 is 14.8 Å². The monoisotopic (exact) mass is 558 g/mol. The Morgan fingerprint density at radius 1 is 1.05 bits per heavy atom. The number of phenolic OH excluding ortho intramolecular Hbond substituents is 1. The summed E-state index contributed by atoms with van der Waals surface area (Å²) in [5, 5.41) is 13.3. The number of benzene rings is 3. The third-order valence-corrected chi connectivity index (χ3v) is 7.06. The molecule has 0 aliphatic carbocycles. The number of hydrogen-bond donors (Lipinski definition) is 2. The molecule has 0 saturated carbocycles. The molecule has 0 aromatic heterocycles. The van der Waals surface area contributed by atoms with E-state index in [-0.39, 0.29) is 22.8 Å². The van der Waals surface area contributed by atoms with Crippen molar-refractivity contribution in [3.63, 3.8) is 0 Å². The third-order valence-electron chi connectivity index (χ3n) is 5.41. The summed E-state index contributed by atoms with van der Waals surface area (Å²) in [5.74, 6) is -0.600. The van der Waals surface area contributed by atoms with E-state index in [0.717, 1.165) is 16.7 Å². The number of amides is 3. The second kappa shape index (κ2) is 11.2. The predicted octanol–water partition coefficient (Wildman–Crippen LogP) is 6.21. The highest BCUT2D eigenvalue weighted by Gasteiger charge is 2.35. The van der Waals surface area contributed by atoms with Crippen molar-refractivity contribution in [2.24, 2.45) is 0 Å². The van der Waals surface area contributed by atoms with Crippen LogP contribution in [-0.4, -0.2) is 41.3 Å². The van der Waals surface area contributed by atoms with Gasteiger partial charge in [0.05, 0.1) is 47.0 Å². The molecule has 37 heavy (non-hydrogen) atoms. The van der Waals surface area contributed by atoms with Gasteiger partial charge in [-0.3, -0.25) is 19.3 Å². The van der Waals surface area contributed by atoms with Crippen molar-refractivity contribution in [1.82, 2.24) is 4.90 Å². The molecule has 1 aliphatic rings. The van der Waals surface area contributed by atoms with Gasteiger partial charge >= 0.3 is 0 Å². The van der Waals surface area contributed by atoms with E-state index in [1.165, 1.54) is 38.5 Å². The maximum absolute atomic E-state index is 13.0. The SMILES string of the molecule is COc1cccc(NC(=O)c2cc(C=C3SC(=O)N(Cc4ccc(Cl)c(Cl)c4)C3=O)ccc2O)c1OC. The largest absolute Gasteiger partial charge is 0.507 e. The molecule has 0 bridgehead atoms. The Kier molecular flexibility index (Phi) is 7.97. The van der Waals surface area contributed by atoms with Crippen LogP contribution in [0.3, 0.4) is 0 Å². The fourth-order valence-electron chi connectivity index (χ4n) is 3.61. The number of methoxy groups -OCH3 is 2. The van der Waals surface area contributed by atoms with Crippen LogP contribution in [0.4, 0.5) is 10.5 Å². The minimum Gasteiger partial charge on any atom is -0.507 e. The number of nitrogens with zero attached hydrogens (tertiary/aromatic N) is 1. The second-order valence-electron chi connectivity index (χ2n) is 7.79. The van der Waals surface area contributed by atoms with E-state index in [2.05, 4.69) is 5.32 Å². The number of halogens is 2. The fraction of sp³-hybridized carbons (Fsp3) is 0.115. The molecule has 4 rings (SSSR count). The van der Waals surface area contributed by atoms with Gasteiger partial charge in [-0.2, -0.15) is 0 Å². The number of hydrogen-bond acceptors (Lipinski definition) is 7. The average Bonchev–Trinajstić information content (AvgIpc) is 3.14. The molecule has 1 aliphatic heterocycles. The van der Waals surface area contributed by atoms with E-state index in [1.54, 1.807) is 36.4 Å². The van der Waals surface area contributed by atoms with Crippen LogP contribution in [0.2, 0.25) is 10.0 Å². The second-order valence-corrected chi connectivity index (χ2v) is 9.60. The number of para-hydroxylation sites is 1. The Hall–Kier alpha value is -3.66. The Bertz CT molecular complexity index is 1440. The van der Waals surface area contributed by atoms with Gasteiger partial charge in [0.1, 0.15) is 5.75 Å². The molecule has 3 aromatic rings. The van der Waals surface area contributed by atoms with Gasteiger partial charge in [-0.15, -0.1) is 0 Å². The molecule has 0 radical (unpaired) electrons. The molecule has 1 heterocycles. The van der Waals surface area contributed by atoms with Crippen molar-refractivity contribution in [3.8, 4) is 17.2 Å². The topological polar surface area (TPSA) is 105 Å². The number of anilines is 1. The molecule has 3 aromatic carbocycles. The molecule has 0 atom stereocenters. The predicted molar refractivity (Wildman–Crippen MR) is 144 cm³/mol. The van der Waals surface area contributed by atoms with E-state index < -0.39 is 17.1 Å². The molecule has 190 valence electrons. The van der Waals surface area contributed by atoms with E-state index in [1.807, 2.05) is 0 Å². The summed E-state index contributed by atoms with van der Waals surface area (Å²) in [7, 11) is 2.92. The molecule has 1 fully saturated rings. The molecular formula is C26H20Cl2N2O6S. The number of ether oxygens (including phenoxy) is 2. The van der Waals surface area contributed by atoms with Gasteiger partial charge in [0.25, 0.3) is 17.1 Å². The van der Waals surface area contributed by atoms with Crippen molar-refractivity contribution < 1.29 is 29.0 Å². The van der Waals surface area contributed by atoms with Crippen molar-refractivity contribution in [2.45, 2.75) is 6.54 Å². The smallest absolute Gasteiger partial charge is 0.293 e. The summed E-state index contributed by atoms with van der Waals surface area (Å²) >= 11 is 12.8. The summed E-state index contributed by atoms with van der Waals surface area (Å²) in [6.45, 7) is 0.0322. The van der Waals surface area contributed by atoms with Crippen LogP contribution in [0, 0.1) is 0 Å². The van der Waals surface area contributed by atoms with Gasteiger partial charge in [0.15, 0.2) is 11.5 Å². The number of rotatable bonds is 7. The van der Waals surface area contributed by atoms with Gasteiger partial charge in [-0.05, 0) is 65.4 Å². The minimum atomic E-state index is -0.605. The first-order valence-electron chi connectivity index (χ1n) is 10.8. The summed E-state index contributed by atoms with van der Waals surface area (Å²) in [5.41, 5.74) is 1.41. The maximum Gasteiger partial charge on any atom is 0.293 e. The lowest BCUT2D eigenvalue weighted by Gasteiger charge is -2.14. The lowest BCUT2D eigenvalue weighted by atomic mass is 10.1. The zero-order valence-electron chi connectivity index (χ0n) is 19.6. The average molecular weight is 559 g/mol. The summed E-state index contributed by atoms with van der Waals surface area (Å²) in [4.78, 5) is 39.7. The van der Waals surface area contributed by atoms with Crippen LogP contribution in [0.15, 0.2) is 59.5 Å². The van der Waals surface area contributed by atoms with E-state index in [0.29, 0.717) is 38.4 Å². The number of thioether (sulfide) groups is 1. The van der Waals surface area contributed by atoms with Crippen LogP contribution in [0.25, 0.3) is 6.08 Å². The van der Waals surface area contributed by atoms with Gasteiger partial charge in [-0.25, -0.2) is 0 Å². The molecule has 3 amide bonds. The zero-order valence-corrected chi connectivity index (χ0v) is 21.9. The van der Waals surface area contributed by atoms with Crippen molar-refractivity contribution in [2.75, 3.05) is 19.5 Å². The number of nitrogens with one attached hydrogen (secondary N) is 1. The molecule has 0 spiro atoms. The first-order chi connectivity index (χ1) is 17.7. The molecule has 0 unspecified atom stereocenters. The highest BCUT2D eigenvalue weighted by atomic mass is 35.5. The van der Waals surface area contributed by atoms with Gasteiger partial charge in [-0.1, -0.05) is 41.4 Å². The normalized spacial score (nSPS) is 14.3. The zero-order chi connectivity index (χ0) is 26.7. The van der Waals surface area contributed by atoms with E-state index in [4.69, 9.17) is 32.7 Å². The van der Waals surface area contributed by atoms with Crippen LogP contribution in [0.1, 0.15) is 21.5 Å². The Balaban J connectivity index is 1.56. The van der Waals surface area contributed by atoms with E-state index in [9.17, 15) is 19.5 Å². The number of phenols is 1. The number of imide groups is 1. The number of carbonyl (C=O) groups excluding carboxylic acids is 3. The molecule has 2 N–H and O–H groups in total. The van der Waals surface area contributed by atoms with Gasteiger partial charge in [0, 0.05) is 0 Å². The van der Waals surface area contributed by atoms with Gasteiger partial charge in [0.2, 0.25) is 0 Å². The standard InChI is InChI=1S/C26H20Cl2N2O6S/c1-35-21-5-3-4-19(23(21)36-2)29-24(32)16-10-14(7-9-20(16)31)12-22-25(33)30(26(34)37-22)13-15-6-8-17(27)18(28)11-15/h3-12,31H,13H2,1-2H3,(H,29,32). The van der Waals surface area contributed by atoms with E-state index >= 15 is 0 Å². The third kappa shape index (κ3) is 5.69. The van der Waals surface area contributed by atoms with Crippen molar-refractivity contribution in [1.29, 1.82) is 0 Å². The van der Waals surface area contributed by atoms with Crippen LogP contribution in [0.5, 0.6) is 17.2 Å². The summed E-state index contributed by atoms with van der Waals surface area (Å²) in [6, 6.07) is 14.2. The highest BCUT2D eigenvalue weighted by molar-refractivity contribution is 8.18. The van der Waals surface area contributed by atoms with Crippen LogP contribution in [-0.2, 0) is 11.3 Å². The summed E-state index contributed by atoms with van der Waals surface area (Å²) in [6.07, 6.45) is 1.49. The minimum absolute atomic E-state index is 0.0322. The van der Waals surface area contributed by atoms with Gasteiger partial charge < -0.3 is 19.9 Å². The Labute approximate surface area is 226 Å².